The number of nitrogens with two attached hydrogens (primary N) is 1. The number of hydrazine groups is 1. The van der Waals surface area contributed by atoms with E-state index in [9.17, 15) is 0 Å². The van der Waals surface area contributed by atoms with Crippen LogP contribution in [0.3, 0.4) is 0 Å². The molecule has 3 rings (SSSR count). The van der Waals surface area contributed by atoms with Crippen molar-refractivity contribution < 1.29 is 4.42 Å². The Morgan fingerprint density at radius 3 is 2.89 bits per heavy atom. The molecule has 3 aromatic rings. The average molecular weight is 258 g/mol. The maximum Gasteiger partial charge on any atom is 0.0935 e. The third-order valence-corrected chi connectivity index (χ3v) is 4.24. The predicted octanol–water partition coefficient (Wildman–Crippen LogP) is 3.24. The molecule has 0 fully saturated rings. The fourth-order valence-corrected chi connectivity index (χ4v) is 3.19. The van der Waals surface area contributed by atoms with Gasteiger partial charge in [0.2, 0.25) is 0 Å². The molecular weight excluding hydrogens is 244 g/mol. The molecule has 2 heterocycles. The summed E-state index contributed by atoms with van der Waals surface area (Å²) >= 11 is 1.78. The summed E-state index contributed by atoms with van der Waals surface area (Å²) in [6.45, 7) is 0. The Bertz CT molecular complexity index is 597. The van der Waals surface area contributed by atoms with Crippen LogP contribution in [0.2, 0.25) is 0 Å². The molecule has 3 N–H and O–H groups in total. The van der Waals surface area contributed by atoms with Crippen LogP contribution in [0.5, 0.6) is 0 Å². The quantitative estimate of drug-likeness (QED) is 0.558. The van der Waals surface area contributed by atoms with Gasteiger partial charge in [-0.15, -0.1) is 11.3 Å². The van der Waals surface area contributed by atoms with Crippen LogP contribution < -0.4 is 11.3 Å². The number of rotatable bonds is 4. The average Bonchev–Trinajstić information content (AvgIpc) is 3.04. The van der Waals surface area contributed by atoms with E-state index in [-0.39, 0.29) is 6.04 Å². The van der Waals surface area contributed by atoms with Crippen molar-refractivity contribution in [2.45, 2.75) is 12.5 Å². The van der Waals surface area contributed by atoms with E-state index >= 15 is 0 Å². The molecule has 1 atom stereocenters. The lowest BCUT2D eigenvalue weighted by atomic mass is 10.1. The molecule has 0 saturated carbocycles. The summed E-state index contributed by atoms with van der Waals surface area (Å²) in [5.41, 5.74) is 4.03. The molecule has 0 amide bonds. The molecule has 1 aromatic carbocycles. The van der Waals surface area contributed by atoms with Crippen molar-refractivity contribution in [3.05, 3.63) is 59.4 Å². The number of furan rings is 1. The topological polar surface area (TPSA) is 51.2 Å². The van der Waals surface area contributed by atoms with Gasteiger partial charge in [0.05, 0.1) is 18.6 Å². The highest BCUT2D eigenvalue weighted by Gasteiger charge is 2.14. The Kier molecular flexibility index (Phi) is 3.15. The van der Waals surface area contributed by atoms with Gasteiger partial charge in [-0.05, 0) is 35.6 Å². The van der Waals surface area contributed by atoms with E-state index in [2.05, 4.69) is 35.8 Å². The minimum absolute atomic E-state index is 0.125. The van der Waals surface area contributed by atoms with E-state index in [0.717, 1.165) is 12.0 Å². The molecule has 0 bridgehead atoms. The van der Waals surface area contributed by atoms with E-state index in [1.807, 2.05) is 6.07 Å². The SMILES string of the molecule is NNC(Cc1ccoc1)c1cc2ccccc2s1. The summed E-state index contributed by atoms with van der Waals surface area (Å²) < 4.78 is 6.38. The molecule has 1 unspecified atom stereocenters. The minimum atomic E-state index is 0.125. The molecule has 18 heavy (non-hydrogen) atoms. The van der Waals surface area contributed by atoms with Gasteiger partial charge in [0.15, 0.2) is 0 Å². The zero-order chi connectivity index (χ0) is 12.4. The molecule has 0 saturated heterocycles. The zero-order valence-electron chi connectivity index (χ0n) is 9.80. The summed E-state index contributed by atoms with van der Waals surface area (Å²) in [7, 11) is 0. The Hall–Kier alpha value is -1.62. The van der Waals surface area contributed by atoms with Crippen LogP contribution in [0.4, 0.5) is 0 Å². The number of fused-ring (bicyclic) bond motifs is 1. The van der Waals surface area contributed by atoms with Gasteiger partial charge in [-0.25, -0.2) is 0 Å². The third-order valence-electron chi connectivity index (χ3n) is 3.01. The molecule has 0 aliphatic heterocycles. The first-order chi connectivity index (χ1) is 8.86. The summed E-state index contributed by atoms with van der Waals surface area (Å²) in [5.74, 6) is 5.67. The van der Waals surface area contributed by atoms with Gasteiger partial charge in [-0.2, -0.15) is 0 Å². The fourth-order valence-electron chi connectivity index (χ4n) is 2.06. The van der Waals surface area contributed by atoms with Gasteiger partial charge in [-0.3, -0.25) is 11.3 Å². The number of thiophene rings is 1. The van der Waals surface area contributed by atoms with Gasteiger partial charge >= 0.3 is 0 Å². The maximum absolute atomic E-state index is 5.67. The number of hydrogen-bond acceptors (Lipinski definition) is 4. The van der Waals surface area contributed by atoms with Crippen LogP contribution in [-0.4, -0.2) is 0 Å². The van der Waals surface area contributed by atoms with Crippen molar-refractivity contribution in [1.82, 2.24) is 5.43 Å². The second-order valence-corrected chi connectivity index (χ2v) is 5.36. The Labute approximate surface area is 109 Å². The van der Waals surface area contributed by atoms with Crippen LogP contribution in [0.1, 0.15) is 16.5 Å². The smallest absolute Gasteiger partial charge is 0.0935 e. The van der Waals surface area contributed by atoms with Gasteiger partial charge in [0.1, 0.15) is 0 Å². The second-order valence-electron chi connectivity index (χ2n) is 4.24. The molecule has 2 aromatic heterocycles. The number of nitrogens with one attached hydrogen (secondary N) is 1. The first kappa shape index (κ1) is 11.5. The monoisotopic (exact) mass is 258 g/mol. The van der Waals surface area contributed by atoms with E-state index in [4.69, 9.17) is 10.3 Å². The lowest BCUT2D eigenvalue weighted by molar-refractivity contribution is 0.541. The van der Waals surface area contributed by atoms with Crippen molar-refractivity contribution in [3.63, 3.8) is 0 Å². The molecular formula is C14H14N2OS. The van der Waals surface area contributed by atoms with Crippen molar-refractivity contribution in [3.8, 4) is 0 Å². The summed E-state index contributed by atoms with van der Waals surface area (Å²) in [6.07, 6.45) is 4.28. The van der Waals surface area contributed by atoms with Crippen molar-refractivity contribution >= 4 is 21.4 Å². The fraction of sp³-hybridized carbons (Fsp3) is 0.143. The van der Waals surface area contributed by atoms with Gasteiger partial charge in [0, 0.05) is 9.58 Å². The van der Waals surface area contributed by atoms with Crippen LogP contribution in [-0.2, 0) is 6.42 Å². The Morgan fingerprint density at radius 1 is 1.28 bits per heavy atom. The maximum atomic E-state index is 5.67. The Balaban J connectivity index is 1.90. The second kappa shape index (κ2) is 4.94. The van der Waals surface area contributed by atoms with E-state index in [0.29, 0.717) is 0 Å². The van der Waals surface area contributed by atoms with E-state index in [1.165, 1.54) is 15.0 Å². The highest BCUT2D eigenvalue weighted by molar-refractivity contribution is 7.19. The van der Waals surface area contributed by atoms with Crippen molar-refractivity contribution in [2.75, 3.05) is 0 Å². The predicted molar refractivity (Wildman–Crippen MR) is 74.3 cm³/mol. The molecule has 4 heteroatoms. The highest BCUT2D eigenvalue weighted by Crippen LogP contribution is 2.31. The van der Waals surface area contributed by atoms with Crippen LogP contribution >= 0.6 is 11.3 Å². The van der Waals surface area contributed by atoms with Crippen molar-refractivity contribution in [1.29, 1.82) is 0 Å². The molecule has 0 aliphatic carbocycles. The third kappa shape index (κ3) is 2.18. The minimum Gasteiger partial charge on any atom is -0.472 e. The van der Waals surface area contributed by atoms with Crippen LogP contribution in [0, 0.1) is 0 Å². The van der Waals surface area contributed by atoms with Crippen molar-refractivity contribution in [2.24, 2.45) is 5.84 Å². The normalized spacial score (nSPS) is 12.9. The standard InChI is InChI=1S/C14H14N2OS/c15-16-12(7-10-5-6-17-9-10)14-8-11-3-1-2-4-13(11)18-14/h1-6,8-9,12,16H,7,15H2. The van der Waals surface area contributed by atoms with Crippen LogP contribution in [0.15, 0.2) is 53.3 Å². The molecule has 0 spiro atoms. The lowest BCUT2D eigenvalue weighted by Gasteiger charge is -2.12. The molecule has 3 nitrogen and oxygen atoms in total. The molecule has 0 radical (unpaired) electrons. The zero-order valence-corrected chi connectivity index (χ0v) is 10.6. The summed E-state index contributed by atoms with van der Waals surface area (Å²) in [6, 6.07) is 12.7. The van der Waals surface area contributed by atoms with Gasteiger partial charge in [-0.1, -0.05) is 18.2 Å². The van der Waals surface area contributed by atoms with E-state index < -0.39 is 0 Å². The molecule has 0 aliphatic rings. The Morgan fingerprint density at radius 2 is 2.17 bits per heavy atom. The lowest BCUT2D eigenvalue weighted by Crippen LogP contribution is -2.28. The number of benzene rings is 1. The number of hydrogen-bond donors (Lipinski definition) is 2. The van der Waals surface area contributed by atoms with E-state index in [1.54, 1.807) is 23.9 Å². The highest BCUT2D eigenvalue weighted by atomic mass is 32.1. The molecule has 92 valence electrons. The first-order valence-electron chi connectivity index (χ1n) is 5.82. The summed E-state index contributed by atoms with van der Waals surface area (Å²) in [4.78, 5) is 1.25. The largest absolute Gasteiger partial charge is 0.472 e. The van der Waals surface area contributed by atoms with Crippen LogP contribution in [0.25, 0.3) is 10.1 Å². The van der Waals surface area contributed by atoms with Gasteiger partial charge < -0.3 is 4.42 Å². The summed E-state index contributed by atoms with van der Waals surface area (Å²) in [5, 5.41) is 1.27. The van der Waals surface area contributed by atoms with Gasteiger partial charge in [0.25, 0.3) is 0 Å². The first-order valence-corrected chi connectivity index (χ1v) is 6.64.